The Hall–Kier alpha value is -1.99. The average molecular weight is 323 g/mol. The summed E-state index contributed by atoms with van der Waals surface area (Å²) in [5.41, 5.74) is 12.2. The molecule has 1 aromatic heterocycles. The van der Waals surface area contributed by atoms with Gasteiger partial charge >= 0.3 is 0 Å². The third kappa shape index (κ3) is 4.51. The first-order valence-electron chi connectivity index (χ1n) is 6.15. The lowest BCUT2D eigenvalue weighted by Crippen LogP contribution is -2.23. The van der Waals surface area contributed by atoms with Crippen LogP contribution in [0.15, 0.2) is 35.5 Å². The molecule has 0 spiro atoms. The maximum absolute atomic E-state index is 7.52. The number of nitrogens with one attached hydrogen (secondary N) is 2. The van der Waals surface area contributed by atoms with Gasteiger partial charge in [0.15, 0.2) is 11.1 Å². The molecule has 0 radical (unpaired) electrons. The van der Waals surface area contributed by atoms with Crippen LogP contribution in [0.5, 0.6) is 0 Å². The van der Waals surface area contributed by atoms with Crippen molar-refractivity contribution in [2.24, 2.45) is 16.5 Å². The van der Waals surface area contributed by atoms with E-state index < -0.39 is 0 Å². The standard InChI is InChI=1S/C13H15ClN6S/c14-8-1-2-9-10(3-4-18-11(9)7-8)19-5-6-21-13(17)20-12(15)16/h1-4,7H,5-6H2,(H,18,19)(H5,15,16,17,20). The molecule has 2 aromatic rings. The van der Waals surface area contributed by atoms with Crippen LogP contribution in [-0.2, 0) is 0 Å². The van der Waals surface area contributed by atoms with E-state index in [1.54, 1.807) is 6.20 Å². The largest absolute Gasteiger partial charge is 0.384 e. The Balaban J connectivity index is 1.95. The lowest BCUT2D eigenvalue weighted by molar-refractivity contribution is 1.23. The second kappa shape index (κ2) is 7.14. The Morgan fingerprint density at radius 1 is 1.38 bits per heavy atom. The van der Waals surface area contributed by atoms with E-state index in [4.69, 9.17) is 28.5 Å². The number of fused-ring (bicyclic) bond motifs is 1. The van der Waals surface area contributed by atoms with Crippen LogP contribution in [-0.4, -0.2) is 28.4 Å². The normalized spacial score (nSPS) is 10.3. The number of hydrogen-bond donors (Lipinski definition) is 4. The van der Waals surface area contributed by atoms with Gasteiger partial charge in [-0.3, -0.25) is 10.4 Å². The summed E-state index contributed by atoms with van der Waals surface area (Å²) < 4.78 is 0. The molecule has 110 valence electrons. The molecule has 6 nitrogen and oxygen atoms in total. The SMILES string of the molecule is N=C(N=C(N)N)SCCNc1ccnc2cc(Cl)ccc12. The number of aliphatic imine (C=N–C) groups is 1. The van der Waals surface area contributed by atoms with Crippen LogP contribution in [0.25, 0.3) is 10.9 Å². The van der Waals surface area contributed by atoms with Gasteiger partial charge in [0.2, 0.25) is 0 Å². The Kier molecular flexibility index (Phi) is 5.24. The highest BCUT2D eigenvalue weighted by atomic mass is 35.5. The molecule has 0 aliphatic rings. The van der Waals surface area contributed by atoms with Crippen molar-refractivity contribution in [3.8, 4) is 0 Å². The van der Waals surface area contributed by atoms with Crippen LogP contribution in [0.2, 0.25) is 5.02 Å². The van der Waals surface area contributed by atoms with Crippen LogP contribution in [0.3, 0.4) is 0 Å². The Morgan fingerprint density at radius 3 is 2.95 bits per heavy atom. The number of nitrogens with two attached hydrogens (primary N) is 2. The Labute approximate surface area is 131 Å². The third-order valence-corrected chi connectivity index (χ3v) is 3.60. The van der Waals surface area contributed by atoms with E-state index in [0.717, 1.165) is 16.6 Å². The number of amidine groups is 1. The third-order valence-electron chi connectivity index (χ3n) is 2.59. The van der Waals surface area contributed by atoms with E-state index in [0.29, 0.717) is 17.3 Å². The van der Waals surface area contributed by atoms with Gasteiger partial charge in [-0.25, -0.2) is 0 Å². The average Bonchev–Trinajstić information content (AvgIpc) is 2.42. The maximum Gasteiger partial charge on any atom is 0.193 e. The minimum Gasteiger partial charge on any atom is -0.384 e. The number of pyridine rings is 1. The molecular weight excluding hydrogens is 308 g/mol. The molecule has 0 atom stereocenters. The number of aromatic nitrogens is 1. The number of benzene rings is 1. The minimum absolute atomic E-state index is 0.0996. The fourth-order valence-corrected chi connectivity index (χ4v) is 2.49. The van der Waals surface area contributed by atoms with Gasteiger partial charge in [0.1, 0.15) is 0 Å². The summed E-state index contributed by atoms with van der Waals surface area (Å²) in [5, 5.41) is 12.6. The minimum atomic E-state index is -0.0996. The molecule has 8 heteroatoms. The lowest BCUT2D eigenvalue weighted by atomic mass is 10.2. The molecule has 0 unspecified atom stereocenters. The van der Waals surface area contributed by atoms with E-state index in [1.165, 1.54) is 11.8 Å². The van der Waals surface area contributed by atoms with Crippen molar-refractivity contribution in [3.05, 3.63) is 35.5 Å². The number of nitrogens with zero attached hydrogens (tertiary/aromatic N) is 2. The van der Waals surface area contributed by atoms with Gasteiger partial charge in [0.05, 0.1) is 5.52 Å². The Bertz CT molecular complexity index is 683. The van der Waals surface area contributed by atoms with Crippen molar-refractivity contribution in [3.63, 3.8) is 0 Å². The molecule has 0 amide bonds. The highest BCUT2D eigenvalue weighted by Crippen LogP contribution is 2.24. The lowest BCUT2D eigenvalue weighted by Gasteiger charge is -2.09. The predicted molar refractivity (Wildman–Crippen MR) is 91.2 cm³/mol. The Morgan fingerprint density at radius 2 is 2.19 bits per heavy atom. The summed E-state index contributed by atoms with van der Waals surface area (Å²) in [6.07, 6.45) is 1.73. The van der Waals surface area contributed by atoms with Crippen molar-refractivity contribution < 1.29 is 0 Å². The van der Waals surface area contributed by atoms with Gasteiger partial charge in [-0.15, -0.1) is 0 Å². The number of hydrogen-bond acceptors (Lipinski definition) is 4. The first-order valence-corrected chi connectivity index (χ1v) is 7.52. The van der Waals surface area contributed by atoms with Crippen LogP contribution >= 0.6 is 23.4 Å². The van der Waals surface area contributed by atoms with E-state index >= 15 is 0 Å². The molecule has 0 saturated carbocycles. The van der Waals surface area contributed by atoms with Gasteiger partial charge in [-0.1, -0.05) is 23.4 Å². The summed E-state index contributed by atoms with van der Waals surface area (Å²) in [5.74, 6) is 0.574. The quantitative estimate of drug-likeness (QED) is 0.391. The highest BCUT2D eigenvalue weighted by Gasteiger charge is 2.02. The van der Waals surface area contributed by atoms with Crippen LogP contribution < -0.4 is 16.8 Å². The summed E-state index contributed by atoms with van der Waals surface area (Å²) >= 11 is 7.22. The molecule has 1 heterocycles. The van der Waals surface area contributed by atoms with Gasteiger partial charge < -0.3 is 16.8 Å². The summed E-state index contributed by atoms with van der Waals surface area (Å²) in [7, 11) is 0. The van der Waals surface area contributed by atoms with Crippen molar-refractivity contribution in [2.75, 3.05) is 17.6 Å². The van der Waals surface area contributed by atoms with Gasteiger partial charge in [0, 0.05) is 34.6 Å². The molecular formula is C13H15ClN6S. The van der Waals surface area contributed by atoms with E-state index in [2.05, 4.69) is 15.3 Å². The van der Waals surface area contributed by atoms with Crippen molar-refractivity contribution in [2.45, 2.75) is 0 Å². The van der Waals surface area contributed by atoms with E-state index in [1.807, 2.05) is 24.3 Å². The number of rotatable bonds is 4. The fraction of sp³-hybridized carbons (Fsp3) is 0.154. The monoisotopic (exact) mass is 322 g/mol. The molecule has 1 aromatic carbocycles. The van der Waals surface area contributed by atoms with Crippen LogP contribution in [0.4, 0.5) is 5.69 Å². The smallest absolute Gasteiger partial charge is 0.193 e. The molecule has 0 aliphatic carbocycles. The summed E-state index contributed by atoms with van der Waals surface area (Å²) in [4.78, 5) is 7.93. The molecule has 6 N–H and O–H groups in total. The van der Waals surface area contributed by atoms with Gasteiger partial charge in [-0.05, 0) is 24.3 Å². The van der Waals surface area contributed by atoms with Crippen molar-refractivity contribution in [1.29, 1.82) is 5.41 Å². The van der Waals surface area contributed by atoms with Gasteiger partial charge in [-0.2, -0.15) is 4.99 Å². The van der Waals surface area contributed by atoms with Crippen LogP contribution in [0.1, 0.15) is 0 Å². The highest BCUT2D eigenvalue weighted by molar-refractivity contribution is 8.13. The zero-order valence-electron chi connectivity index (χ0n) is 11.1. The van der Waals surface area contributed by atoms with Crippen molar-refractivity contribution >= 4 is 51.1 Å². The maximum atomic E-state index is 7.52. The number of halogens is 1. The van der Waals surface area contributed by atoms with E-state index in [9.17, 15) is 0 Å². The number of anilines is 1. The molecule has 21 heavy (non-hydrogen) atoms. The zero-order chi connectivity index (χ0) is 15.2. The van der Waals surface area contributed by atoms with Gasteiger partial charge in [0.25, 0.3) is 0 Å². The molecule has 0 fully saturated rings. The zero-order valence-corrected chi connectivity index (χ0v) is 12.7. The number of thioether (sulfide) groups is 1. The fourth-order valence-electron chi connectivity index (χ4n) is 1.76. The summed E-state index contributed by atoms with van der Waals surface area (Å²) in [6, 6.07) is 7.50. The second-order valence-corrected chi connectivity index (χ2v) is 5.66. The topological polar surface area (TPSA) is 113 Å². The molecule has 0 saturated heterocycles. The van der Waals surface area contributed by atoms with Crippen LogP contribution in [0, 0.1) is 5.41 Å². The van der Waals surface area contributed by atoms with Crippen molar-refractivity contribution in [1.82, 2.24) is 4.98 Å². The first kappa shape index (κ1) is 15.4. The predicted octanol–water partition coefficient (Wildman–Crippen LogP) is 2.24. The molecule has 0 bridgehead atoms. The number of guanidine groups is 1. The summed E-state index contributed by atoms with van der Waals surface area (Å²) in [6.45, 7) is 0.675. The molecule has 2 rings (SSSR count). The van der Waals surface area contributed by atoms with E-state index in [-0.39, 0.29) is 11.1 Å². The second-order valence-electron chi connectivity index (χ2n) is 4.14. The first-order chi connectivity index (χ1) is 10.1. The molecule has 0 aliphatic heterocycles.